The van der Waals surface area contributed by atoms with E-state index in [1.54, 1.807) is 12.1 Å². The normalized spacial score (nSPS) is 7.73. The van der Waals surface area contributed by atoms with Gasteiger partial charge in [0.25, 0.3) is 0 Å². The zero-order chi connectivity index (χ0) is 10.3. The largest absolute Gasteiger partial charge is 1.00 e. The van der Waals surface area contributed by atoms with Crippen molar-refractivity contribution in [1.29, 1.82) is 0 Å². The second-order valence-corrected chi connectivity index (χ2v) is 2.41. The van der Waals surface area contributed by atoms with Crippen LogP contribution in [0.4, 0.5) is 5.69 Å². The van der Waals surface area contributed by atoms with Crippen molar-refractivity contribution < 1.29 is 77.5 Å². The van der Waals surface area contributed by atoms with E-state index in [0.717, 1.165) is 5.69 Å². The van der Waals surface area contributed by atoms with Crippen LogP contribution in [-0.4, -0.2) is 25.5 Å². The summed E-state index contributed by atoms with van der Waals surface area (Å²) in [5.74, 6) is 0.300. The van der Waals surface area contributed by atoms with Crippen LogP contribution in [0.25, 0.3) is 0 Å². The molecule has 74 valence electrons. The maximum Gasteiger partial charge on any atom is 1.00 e. The second-order valence-electron chi connectivity index (χ2n) is 2.00. The third kappa shape index (κ3) is 14.9. The van der Waals surface area contributed by atoms with E-state index in [1.807, 2.05) is 19.2 Å². The predicted octanol–water partition coefficient (Wildman–Crippen LogP) is -5.56. The first-order valence-corrected chi connectivity index (χ1v) is 4.29. The van der Waals surface area contributed by atoms with Gasteiger partial charge in [-0.25, -0.2) is 0 Å². The van der Waals surface area contributed by atoms with Gasteiger partial charge in [-0.05, 0) is 24.3 Å². The Hall–Kier alpha value is 0.890. The van der Waals surface area contributed by atoms with Gasteiger partial charge in [-0.2, -0.15) is 0 Å². The summed E-state index contributed by atoms with van der Waals surface area (Å²) in [6.07, 6.45) is 0. The van der Waals surface area contributed by atoms with E-state index in [-0.39, 0.29) is 59.1 Å². The van der Waals surface area contributed by atoms with E-state index in [1.165, 1.54) is 0 Å². The number of aromatic hydroxyl groups is 1. The average Bonchev–Trinajstić information content (AvgIpc) is 2.05. The van der Waals surface area contributed by atoms with Gasteiger partial charge in [0.2, 0.25) is 0 Å². The molecule has 0 aliphatic heterocycles. The molecule has 0 aliphatic rings. The van der Waals surface area contributed by atoms with Crippen molar-refractivity contribution in [2.24, 2.45) is 0 Å². The van der Waals surface area contributed by atoms with Gasteiger partial charge in [0.05, 0.1) is 0 Å². The number of anilines is 1. The van der Waals surface area contributed by atoms with Gasteiger partial charge in [0.15, 0.2) is 0 Å². The first-order chi connectivity index (χ1) is 6.06. The first kappa shape index (κ1) is 21.2. The Morgan fingerprint density at radius 1 is 1.20 bits per heavy atom. The monoisotopic (exact) mass is 249 g/mol. The Labute approximate surface area is 135 Å². The quantitative estimate of drug-likeness (QED) is 0.294. The fourth-order valence-corrected chi connectivity index (χ4v) is 0.628. The molecule has 0 atom stereocenters. The molecule has 0 aromatic heterocycles. The number of phenols is 1. The molecule has 2 N–H and O–H groups in total. The minimum Gasteiger partial charge on any atom is -0.784 e. The molecule has 0 unspecified atom stereocenters. The van der Waals surface area contributed by atoms with E-state index < -0.39 is 11.4 Å². The van der Waals surface area contributed by atoms with Crippen molar-refractivity contribution in [2.75, 3.05) is 12.4 Å². The Bertz CT molecular complexity index is 266. The number of benzene rings is 1. The molecule has 0 saturated heterocycles. The minimum atomic E-state index is -3.11. The van der Waals surface area contributed by atoms with Crippen molar-refractivity contribution in [3.8, 4) is 5.75 Å². The Morgan fingerprint density at radius 2 is 1.53 bits per heavy atom. The van der Waals surface area contributed by atoms with Crippen molar-refractivity contribution in [3.05, 3.63) is 24.3 Å². The van der Waals surface area contributed by atoms with E-state index in [0.29, 0.717) is 5.75 Å². The number of phenolic OH excluding ortho intramolecular Hbond substituents is 1. The van der Waals surface area contributed by atoms with Crippen LogP contribution in [0.1, 0.15) is 0 Å². The van der Waals surface area contributed by atoms with Gasteiger partial charge in [-0.1, -0.05) is 0 Å². The molecule has 0 radical (unpaired) electrons. The molecule has 0 aliphatic carbocycles. The van der Waals surface area contributed by atoms with E-state index in [9.17, 15) is 0 Å². The van der Waals surface area contributed by atoms with Crippen LogP contribution >= 0.6 is 0 Å². The summed E-state index contributed by atoms with van der Waals surface area (Å²) in [6, 6.07) is 6.92. The molecule has 0 amide bonds. The maximum absolute atomic E-state index is 8.82. The molecule has 1 aromatic rings. The summed E-state index contributed by atoms with van der Waals surface area (Å²) in [5, 5.41) is 11.8. The Balaban J connectivity index is -0.000000213. The Morgan fingerprint density at radius 3 is 1.80 bits per heavy atom. The molecular formula is C7H9NNa2O4S. The van der Waals surface area contributed by atoms with Gasteiger partial charge >= 0.3 is 59.1 Å². The zero-order valence-corrected chi connectivity index (χ0v) is 13.7. The standard InChI is InChI=1S/C7H9NO.2Na.H2O3S/c1-8-6-2-4-7(9)5-3-6;;;1-4(2)3/h2-5,8-9H,1H3;;;(H2,1,2,3)/q;2*+1;/p-2. The third-order valence-electron chi connectivity index (χ3n) is 1.16. The SMILES string of the molecule is CNc1ccc(O)cc1.O=S([O-])[O-].[Na+].[Na+]. The average molecular weight is 249 g/mol. The summed E-state index contributed by atoms with van der Waals surface area (Å²) >= 11 is -3.11. The van der Waals surface area contributed by atoms with Crippen LogP contribution in [0.2, 0.25) is 0 Å². The van der Waals surface area contributed by atoms with Gasteiger partial charge in [0, 0.05) is 12.7 Å². The van der Waals surface area contributed by atoms with E-state index >= 15 is 0 Å². The van der Waals surface area contributed by atoms with Crippen LogP contribution in [0.15, 0.2) is 24.3 Å². The van der Waals surface area contributed by atoms with E-state index in [4.69, 9.17) is 18.4 Å². The maximum atomic E-state index is 8.82. The van der Waals surface area contributed by atoms with Crippen molar-refractivity contribution in [3.63, 3.8) is 0 Å². The summed E-state index contributed by atoms with van der Waals surface area (Å²) in [7, 11) is 1.84. The van der Waals surface area contributed by atoms with Crippen LogP contribution < -0.4 is 64.4 Å². The molecular weight excluding hydrogens is 240 g/mol. The molecule has 0 bridgehead atoms. The number of hydrogen-bond donors (Lipinski definition) is 2. The molecule has 1 rings (SSSR count). The summed E-state index contributed by atoms with van der Waals surface area (Å²) < 4.78 is 25.3. The zero-order valence-electron chi connectivity index (χ0n) is 8.89. The van der Waals surface area contributed by atoms with Crippen LogP contribution in [-0.2, 0) is 11.4 Å². The van der Waals surface area contributed by atoms with Crippen molar-refractivity contribution >= 4 is 17.0 Å². The molecule has 15 heavy (non-hydrogen) atoms. The molecule has 0 fully saturated rings. The number of nitrogens with one attached hydrogen (secondary N) is 1. The number of hydrogen-bond acceptors (Lipinski definition) is 5. The molecule has 0 spiro atoms. The molecule has 0 heterocycles. The second kappa shape index (κ2) is 13.0. The number of rotatable bonds is 1. The fraction of sp³-hybridized carbons (Fsp3) is 0.143. The predicted molar refractivity (Wildman–Crippen MR) is 47.4 cm³/mol. The van der Waals surface area contributed by atoms with Crippen LogP contribution in [0.3, 0.4) is 0 Å². The van der Waals surface area contributed by atoms with Crippen molar-refractivity contribution in [2.45, 2.75) is 0 Å². The van der Waals surface area contributed by atoms with Crippen LogP contribution in [0, 0.1) is 0 Å². The topological polar surface area (TPSA) is 95.5 Å². The van der Waals surface area contributed by atoms with Gasteiger partial charge in [0.1, 0.15) is 5.75 Å². The minimum absolute atomic E-state index is 0. The Kier molecular flexibility index (Phi) is 18.3. The summed E-state index contributed by atoms with van der Waals surface area (Å²) in [5.41, 5.74) is 1.01. The summed E-state index contributed by atoms with van der Waals surface area (Å²) in [4.78, 5) is 0. The third-order valence-corrected chi connectivity index (χ3v) is 1.16. The molecule has 5 nitrogen and oxygen atoms in total. The molecule has 8 heteroatoms. The van der Waals surface area contributed by atoms with Gasteiger partial charge in [-0.3, -0.25) is 4.21 Å². The van der Waals surface area contributed by atoms with Crippen molar-refractivity contribution in [1.82, 2.24) is 0 Å². The molecule has 0 saturated carbocycles. The van der Waals surface area contributed by atoms with Gasteiger partial charge < -0.3 is 19.5 Å². The fourth-order valence-electron chi connectivity index (χ4n) is 0.628. The summed E-state index contributed by atoms with van der Waals surface area (Å²) in [6.45, 7) is 0. The van der Waals surface area contributed by atoms with E-state index in [2.05, 4.69) is 5.32 Å². The molecule has 1 aromatic carbocycles. The van der Waals surface area contributed by atoms with Gasteiger partial charge in [-0.15, -0.1) is 11.4 Å². The first-order valence-electron chi connectivity index (χ1n) is 3.29. The smallest absolute Gasteiger partial charge is 0.784 e. The van der Waals surface area contributed by atoms with Crippen LogP contribution in [0.5, 0.6) is 5.75 Å².